The fraction of sp³-hybridized carbons (Fsp3) is 0.500. The molecule has 0 saturated carbocycles. The molecule has 0 spiro atoms. The Kier molecular flexibility index (Phi) is 7.28. The van der Waals surface area contributed by atoms with E-state index in [0.717, 1.165) is 39.4 Å². The molecule has 1 saturated heterocycles. The van der Waals surface area contributed by atoms with Gasteiger partial charge in [0.2, 0.25) is 0 Å². The number of hydrogen-bond acceptors (Lipinski definition) is 3. The maximum atomic E-state index is 5.34. The van der Waals surface area contributed by atoms with Crippen molar-refractivity contribution in [2.75, 3.05) is 39.4 Å². The molecule has 1 aliphatic rings. The molecule has 2 rings (SSSR count). The maximum Gasteiger partial charge on any atom is 0.187 e. The summed E-state index contributed by atoms with van der Waals surface area (Å²) >= 11 is 5.22. The van der Waals surface area contributed by atoms with Gasteiger partial charge in [0.05, 0.1) is 26.3 Å². The second-order valence-corrected chi connectivity index (χ2v) is 5.87. The highest BCUT2D eigenvalue weighted by Gasteiger charge is 2.12. The number of rotatable bonds is 6. The zero-order valence-corrected chi connectivity index (χ0v) is 13.9. The van der Waals surface area contributed by atoms with Crippen molar-refractivity contribution in [2.24, 2.45) is 5.10 Å². The molecule has 1 heterocycles. The largest absolute Gasteiger partial charge is 0.370 e. The van der Waals surface area contributed by atoms with Crippen LogP contribution in [0.2, 0.25) is 0 Å². The van der Waals surface area contributed by atoms with Crippen molar-refractivity contribution < 1.29 is 9.64 Å². The molecule has 0 unspecified atom stereocenters. The standard InChI is InChI=1S/C16H24N4OS/c1-14(15-5-3-2-4-6-15)13-18-19-16(22)17-7-8-20-9-11-21-12-10-20/h2-6,13-14H,7-12H2,1H3,(H2,17,19,22)/p+1/b18-13-/t14-/m0/s1. The number of hydrogen-bond donors (Lipinski definition) is 3. The number of thiocarbonyl (C=S) groups is 1. The van der Waals surface area contributed by atoms with Crippen molar-refractivity contribution in [3.05, 3.63) is 35.9 Å². The molecule has 1 aliphatic heterocycles. The molecule has 120 valence electrons. The summed E-state index contributed by atoms with van der Waals surface area (Å²) in [5.74, 6) is 0.259. The number of nitrogens with zero attached hydrogens (tertiary/aromatic N) is 1. The van der Waals surface area contributed by atoms with E-state index in [0.29, 0.717) is 5.11 Å². The average Bonchev–Trinajstić information content (AvgIpc) is 2.56. The number of morpholine rings is 1. The summed E-state index contributed by atoms with van der Waals surface area (Å²) in [5.41, 5.74) is 4.12. The van der Waals surface area contributed by atoms with E-state index in [1.807, 2.05) is 24.4 Å². The lowest BCUT2D eigenvalue weighted by Gasteiger charge is -2.23. The zero-order chi connectivity index (χ0) is 15.6. The quantitative estimate of drug-likeness (QED) is 0.397. The van der Waals surface area contributed by atoms with Gasteiger partial charge in [-0.3, -0.25) is 5.43 Å². The lowest BCUT2D eigenvalue weighted by atomic mass is 10.0. The summed E-state index contributed by atoms with van der Waals surface area (Å²) in [4.78, 5) is 1.56. The van der Waals surface area contributed by atoms with Gasteiger partial charge in [0.15, 0.2) is 5.11 Å². The van der Waals surface area contributed by atoms with Crippen molar-refractivity contribution in [3.63, 3.8) is 0 Å². The number of ether oxygens (including phenoxy) is 1. The second kappa shape index (κ2) is 9.50. The molecule has 0 radical (unpaired) electrons. The zero-order valence-electron chi connectivity index (χ0n) is 13.0. The third-order valence-corrected chi connectivity index (χ3v) is 3.99. The third kappa shape index (κ3) is 6.09. The van der Waals surface area contributed by atoms with Crippen LogP contribution >= 0.6 is 12.2 Å². The normalized spacial score (nSPS) is 17.3. The van der Waals surface area contributed by atoms with Gasteiger partial charge in [-0.2, -0.15) is 5.10 Å². The molecule has 1 fully saturated rings. The molecule has 0 amide bonds. The molecule has 0 aliphatic carbocycles. The van der Waals surface area contributed by atoms with E-state index in [1.165, 1.54) is 5.56 Å². The summed E-state index contributed by atoms with van der Waals surface area (Å²) < 4.78 is 5.34. The van der Waals surface area contributed by atoms with Crippen LogP contribution in [-0.2, 0) is 4.74 Å². The highest BCUT2D eigenvalue weighted by molar-refractivity contribution is 7.80. The molecule has 5 nitrogen and oxygen atoms in total. The fourth-order valence-corrected chi connectivity index (χ4v) is 2.51. The highest BCUT2D eigenvalue weighted by Crippen LogP contribution is 2.11. The maximum absolute atomic E-state index is 5.34. The van der Waals surface area contributed by atoms with Crippen LogP contribution < -0.4 is 15.6 Å². The Morgan fingerprint density at radius 3 is 2.82 bits per heavy atom. The SMILES string of the molecule is C[C@@H](/C=N\NC(=S)NCC[NH+]1CCOCC1)c1ccccc1. The molecular weight excluding hydrogens is 296 g/mol. The molecule has 1 aromatic carbocycles. The lowest BCUT2D eigenvalue weighted by molar-refractivity contribution is -0.906. The van der Waals surface area contributed by atoms with Crippen LogP contribution in [0.3, 0.4) is 0 Å². The van der Waals surface area contributed by atoms with E-state index in [9.17, 15) is 0 Å². The smallest absolute Gasteiger partial charge is 0.187 e. The molecule has 3 N–H and O–H groups in total. The molecule has 22 heavy (non-hydrogen) atoms. The molecule has 0 bridgehead atoms. The van der Waals surface area contributed by atoms with Crippen molar-refractivity contribution in [1.82, 2.24) is 10.7 Å². The van der Waals surface area contributed by atoms with Crippen LogP contribution in [0.25, 0.3) is 0 Å². The van der Waals surface area contributed by atoms with Gasteiger partial charge in [0.1, 0.15) is 13.1 Å². The first-order valence-electron chi connectivity index (χ1n) is 7.79. The number of hydrazone groups is 1. The van der Waals surface area contributed by atoms with Gasteiger partial charge in [-0.05, 0) is 17.8 Å². The lowest BCUT2D eigenvalue weighted by Crippen LogP contribution is -3.14. The summed E-state index contributed by atoms with van der Waals surface area (Å²) in [7, 11) is 0. The minimum atomic E-state index is 0.259. The van der Waals surface area contributed by atoms with E-state index in [1.54, 1.807) is 4.90 Å². The fourth-order valence-electron chi connectivity index (χ4n) is 2.35. The Bertz CT molecular complexity index is 474. The van der Waals surface area contributed by atoms with Crippen LogP contribution in [0.4, 0.5) is 0 Å². The van der Waals surface area contributed by atoms with Crippen molar-refractivity contribution in [2.45, 2.75) is 12.8 Å². The Balaban J connectivity index is 1.61. The molecule has 0 aromatic heterocycles. The van der Waals surface area contributed by atoms with Crippen LogP contribution in [0.5, 0.6) is 0 Å². The Labute approximate surface area is 137 Å². The summed E-state index contributed by atoms with van der Waals surface area (Å²) in [6, 6.07) is 10.3. The summed E-state index contributed by atoms with van der Waals surface area (Å²) in [6.07, 6.45) is 1.87. The predicted octanol–water partition coefficient (Wildman–Crippen LogP) is 0.155. The first-order valence-corrected chi connectivity index (χ1v) is 8.20. The summed E-state index contributed by atoms with van der Waals surface area (Å²) in [6.45, 7) is 7.89. The molecule has 1 atom stereocenters. The Morgan fingerprint density at radius 2 is 2.09 bits per heavy atom. The van der Waals surface area contributed by atoms with E-state index in [4.69, 9.17) is 17.0 Å². The molecule has 1 aromatic rings. The van der Waals surface area contributed by atoms with Crippen molar-refractivity contribution in [1.29, 1.82) is 0 Å². The van der Waals surface area contributed by atoms with Gasteiger partial charge < -0.3 is 15.0 Å². The van der Waals surface area contributed by atoms with E-state index < -0.39 is 0 Å². The van der Waals surface area contributed by atoms with Gasteiger partial charge in [0, 0.05) is 12.1 Å². The second-order valence-electron chi connectivity index (χ2n) is 5.46. The van der Waals surface area contributed by atoms with E-state index >= 15 is 0 Å². The third-order valence-electron chi connectivity index (χ3n) is 3.75. The minimum absolute atomic E-state index is 0.259. The first-order chi connectivity index (χ1) is 10.8. The van der Waals surface area contributed by atoms with E-state index in [-0.39, 0.29) is 5.92 Å². The number of quaternary nitrogens is 1. The topological polar surface area (TPSA) is 50.1 Å². The number of benzene rings is 1. The van der Waals surface area contributed by atoms with Crippen LogP contribution in [0.15, 0.2) is 35.4 Å². The highest BCUT2D eigenvalue weighted by atomic mass is 32.1. The monoisotopic (exact) mass is 321 g/mol. The average molecular weight is 321 g/mol. The Hall–Kier alpha value is -1.50. The van der Waals surface area contributed by atoms with Crippen molar-refractivity contribution in [3.8, 4) is 0 Å². The predicted molar refractivity (Wildman–Crippen MR) is 93.5 cm³/mol. The van der Waals surface area contributed by atoms with Gasteiger partial charge in [0.25, 0.3) is 0 Å². The van der Waals surface area contributed by atoms with Gasteiger partial charge in [-0.1, -0.05) is 37.3 Å². The molecule has 6 heteroatoms. The first kappa shape index (κ1) is 16.9. The van der Waals surface area contributed by atoms with Gasteiger partial charge in [-0.25, -0.2) is 0 Å². The van der Waals surface area contributed by atoms with Crippen molar-refractivity contribution >= 4 is 23.5 Å². The van der Waals surface area contributed by atoms with Gasteiger partial charge in [-0.15, -0.1) is 0 Å². The van der Waals surface area contributed by atoms with Crippen LogP contribution in [0, 0.1) is 0 Å². The van der Waals surface area contributed by atoms with Crippen LogP contribution in [-0.4, -0.2) is 50.7 Å². The minimum Gasteiger partial charge on any atom is -0.370 e. The van der Waals surface area contributed by atoms with Gasteiger partial charge >= 0.3 is 0 Å². The Morgan fingerprint density at radius 1 is 1.36 bits per heavy atom. The van der Waals surface area contributed by atoms with E-state index in [2.05, 4.69) is 34.9 Å². The summed E-state index contributed by atoms with van der Waals surface area (Å²) in [5, 5.41) is 7.97. The molecular formula is C16H25N4OS+. The number of nitrogens with one attached hydrogen (secondary N) is 3. The van der Waals surface area contributed by atoms with Crippen LogP contribution in [0.1, 0.15) is 18.4 Å².